The SMILES string of the molecule is Cn1c(N2CCCC(C(=O)Nc3cccc(Cl)c3)C2)nc(-c2ccncn2)cc1=O. The van der Waals surface area contributed by atoms with E-state index in [1.165, 1.54) is 17.0 Å². The number of aromatic nitrogens is 4. The number of rotatable bonds is 4. The van der Waals surface area contributed by atoms with Gasteiger partial charge in [0.1, 0.15) is 6.33 Å². The van der Waals surface area contributed by atoms with Gasteiger partial charge in [0.05, 0.1) is 17.3 Å². The number of hydrogen-bond donors (Lipinski definition) is 1. The smallest absolute Gasteiger partial charge is 0.255 e. The number of carbonyl (C=O) groups is 1. The first-order valence-electron chi connectivity index (χ1n) is 9.67. The van der Waals surface area contributed by atoms with E-state index >= 15 is 0 Å². The maximum absolute atomic E-state index is 12.8. The van der Waals surface area contributed by atoms with Gasteiger partial charge in [0, 0.05) is 43.1 Å². The molecule has 9 heteroatoms. The Morgan fingerprint density at radius 2 is 2.10 bits per heavy atom. The van der Waals surface area contributed by atoms with Crippen molar-refractivity contribution in [2.45, 2.75) is 12.8 Å². The molecule has 3 aromatic rings. The van der Waals surface area contributed by atoms with Gasteiger partial charge < -0.3 is 10.2 Å². The Morgan fingerprint density at radius 3 is 2.87 bits per heavy atom. The molecule has 3 heterocycles. The summed E-state index contributed by atoms with van der Waals surface area (Å²) in [5, 5.41) is 3.50. The Morgan fingerprint density at radius 1 is 1.23 bits per heavy atom. The molecular formula is C21H21ClN6O2. The molecule has 1 fully saturated rings. The van der Waals surface area contributed by atoms with Crippen LogP contribution in [0.1, 0.15) is 12.8 Å². The molecule has 154 valence electrons. The van der Waals surface area contributed by atoms with Crippen molar-refractivity contribution in [2.75, 3.05) is 23.3 Å². The van der Waals surface area contributed by atoms with Crippen LogP contribution in [0.2, 0.25) is 5.02 Å². The average Bonchev–Trinajstić information content (AvgIpc) is 2.76. The van der Waals surface area contributed by atoms with Gasteiger partial charge in [-0.15, -0.1) is 0 Å². The van der Waals surface area contributed by atoms with Crippen LogP contribution in [0.15, 0.2) is 53.7 Å². The first kappa shape index (κ1) is 20.0. The Bertz CT molecular complexity index is 1120. The summed E-state index contributed by atoms with van der Waals surface area (Å²) in [7, 11) is 1.68. The minimum atomic E-state index is -0.225. The zero-order valence-corrected chi connectivity index (χ0v) is 17.2. The fourth-order valence-corrected chi connectivity index (χ4v) is 3.76. The number of carbonyl (C=O) groups excluding carboxylic acids is 1. The molecule has 1 aromatic carbocycles. The van der Waals surface area contributed by atoms with Crippen LogP contribution in [0.4, 0.5) is 11.6 Å². The number of anilines is 2. The highest BCUT2D eigenvalue weighted by Crippen LogP contribution is 2.24. The second-order valence-electron chi connectivity index (χ2n) is 7.22. The van der Waals surface area contributed by atoms with Crippen LogP contribution in [-0.4, -0.2) is 38.5 Å². The summed E-state index contributed by atoms with van der Waals surface area (Å²) in [6.07, 6.45) is 4.62. The maximum Gasteiger partial charge on any atom is 0.255 e. The van der Waals surface area contributed by atoms with Gasteiger partial charge in [0.15, 0.2) is 0 Å². The third-order valence-corrected chi connectivity index (χ3v) is 5.36. The third-order valence-electron chi connectivity index (χ3n) is 5.12. The van der Waals surface area contributed by atoms with Gasteiger partial charge in [-0.1, -0.05) is 17.7 Å². The van der Waals surface area contributed by atoms with Crippen LogP contribution >= 0.6 is 11.6 Å². The van der Waals surface area contributed by atoms with Crippen LogP contribution in [0.5, 0.6) is 0 Å². The molecule has 2 aromatic heterocycles. The summed E-state index contributed by atoms with van der Waals surface area (Å²) in [6.45, 7) is 1.19. The second-order valence-corrected chi connectivity index (χ2v) is 7.65. The molecule has 0 saturated carbocycles. The van der Waals surface area contributed by atoms with Crippen molar-refractivity contribution in [3.05, 3.63) is 64.3 Å². The van der Waals surface area contributed by atoms with E-state index in [0.717, 1.165) is 12.8 Å². The molecule has 4 rings (SSSR count). The minimum Gasteiger partial charge on any atom is -0.341 e. The number of hydrogen-bond acceptors (Lipinski definition) is 6. The summed E-state index contributed by atoms with van der Waals surface area (Å²) in [4.78, 5) is 40.1. The Labute approximate surface area is 178 Å². The van der Waals surface area contributed by atoms with Crippen molar-refractivity contribution in [3.8, 4) is 11.4 Å². The lowest BCUT2D eigenvalue weighted by Gasteiger charge is -2.33. The summed E-state index contributed by atoms with van der Waals surface area (Å²) >= 11 is 6.01. The van der Waals surface area contributed by atoms with E-state index < -0.39 is 0 Å². The molecule has 1 saturated heterocycles. The molecule has 1 N–H and O–H groups in total. The van der Waals surface area contributed by atoms with Gasteiger partial charge in [0.25, 0.3) is 5.56 Å². The zero-order chi connectivity index (χ0) is 21.1. The van der Waals surface area contributed by atoms with E-state index in [2.05, 4.69) is 20.3 Å². The number of amides is 1. The largest absolute Gasteiger partial charge is 0.341 e. The quantitative estimate of drug-likeness (QED) is 0.692. The van der Waals surface area contributed by atoms with Crippen molar-refractivity contribution in [1.29, 1.82) is 0 Å². The Kier molecular flexibility index (Phi) is 5.76. The Hall–Kier alpha value is -3.26. The lowest BCUT2D eigenvalue weighted by atomic mass is 9.97. The molecule has 1 aliphatic rings. The van der Waals surface area contributed by atoms with E-state index in [-0.39, 0.29) is 17.4 Å². The Balaban J connectivity index is 1.56. The minimum absolute atomic E-state index is 0.0704. The molecule has 1 aliphatic heterocycles. The molecule has 30 heavy (non-hydrogen) atoms. The number of benzene rings is 1. The van der Waals surface area contributed by atoms with Gasteiger partial charge in [-0.2, -0.15) is 0 Å². The van der Waals surface area contributed by atoms with Crippen LogP contribution < -0.4 is 15.8 Å². The topological polar surface area (TPSA) is 93.0 Å². The summed E-state index contributed by atoms with van der Waals surface area (Å²) in [5.74, 6) is 0.229. The van der Waals surface area contributed by atoms with Crippen LogP contribution in [0, 0.1) is 5.92 Å². The molecule has 8 nitrogen and oxygen atoms in total. The number of nitrogens with one attached hydrogen (secondary N) is 1. The molecule has 0 radical (unpaired) electrons. The van der Waals surface area contributed by atoms with E-state index in [9.17, 15) is 9.59 Å². The fourth-order valence-electron chi connectivity index (χ4n) is 3.57. The van der Waals surface area contributed by atoms with Crippen LogP contribution in [-0.2, 0) is 11.8 Å². The molecule has 0 aliphatic carbocycles. The van der Waals surface area contributed by atoms with E-state index in [0.29, 0.717) is 41.1 Å². The van der Waals surface area contributed by atoms with E-state index in [1.54, 1.807) is 43.6 Å². The highest BCUT2D eigenvalue weighted by atomic mass is 35.5. The predicted octanol–water partition coefficient (Wildman–Crippen LogP) is 2.75. The number of nitrogens with zero attached hydrogens (tertiary/aromatic N) is 5. The van der Waals surface area contributed by atoms with Crippen LogP contribution in [0.25, 0.3) is 11.4 Å². The standard InChI is InChI=1S/C21H21ClN6O2/c1-27-19(29)11-18(17-7-8-23-13-24-17)26-21(27)28-9-3-4-14(12-28)20(30)25-16-6-2-5-15(22)10-16/h2,5-8,10-11,13-14H,3-4,9,12H2,1H3,(H,25,30). The molecule has 1 amide bonds. The van der Waals surface area contributed by atoms with Crippen LogP contribution in [0.3, 0.4) is 0 Å². The first-order chi connectivity index (χ1) is 14.5. The highest BCUT2D eigenvalue weighted by Gasteiger charge is 2.28. The second kappa shape index (κ2) is 8.62. The van der Waals surface area contributed by atoms with Gasteiger partial charge in [-0.25, -0.2) is 15.0 Å². The van der Waals surface area contributed by atoms with Crippen molar-refractivity contribution in [2.24, 2.45) is 13.0 Å². The van der Waals surface area contributed by atoms with Gasteiger partial charge >= 0.3 is 0 Å². The normalized spacial score (nSPS) is 16.3. The zero-order valence-electron chi connectivity index (χ0n) is 16.5. The van der Waals surface area contributed by atoms with Gasteiger partial charge in [-0.3, -0.25) is 14.2 Å². The first-order valence-corrected chi connectivity index (χ1v) is 10.0. The molecule has 1 atom stereocenters. The monoisotopic (exact) mass is 424 g/mol. The predicted molar refractivity (Wildman–Crippen MR) is 116 cm³/mol. The fraction of sp³-hybridized carbons (Fsp3) is 0.286. The van der Waals surface area contributed by atoms with Crippen molar-refractivity contribution < 1.29 is 4.79 Å². The van der Waals surface area contributed by atoms with Gasteiger partial charge in [-0.05, 0) is 37.1 Å². The molecule has 0 bridgehead atoms. The lowest BCUT2D eigenvalue weighted by molar-refractivity contribution is -0.120. The number of piperidine rings is 1. The van der Waals surface area contributed by atoms with Crippen molar-refractivity contribution in [1.82, 2.24) is 19.5 Å². The summed E-state index contributed by atoms with van der Waals surface area (Å²) in [6, 6.07) is 10.2. The molecule has 1 unspecified atom stereocenters. The van der Waals surface area contributed by atoms with Crippen molar-refractivity contribution in [3.63, 3.8) is 0 Å². The van der Waals surface area contributed by atoms with E-state index in [1.807, 2.05) is 4.90 Å². The van der Waals surface area contributed by atoms with E-state index in [4.69, 9.17) is 11.6 Å². The average molecular weight is 425 g/mol. The number of halogens is 1. The maximum atomic E-state index is 12.8. The molecule has 0 spiro atoms. The van der Waals surface area contributed by atoms with Gasteiger partial charge in [0.2, 0.25) is 11.9 Å². The summed E-state index contributed by atoms with van der Waals surface area (Å²) < 4.78 is 1.50. The highest BCUT2D eigenvalue weighted by molar-refractivity contribution is 6.30. The molecular weight excluding hydrogens is 404 g/mol. The summed E-state index contributed by atoms with van der Waals surface area (Å²) in [5.41, 5.74) is 1.55. The van der Waals surface area contributed by atoms with Crippen molar-refractivity contribution >= 4 is 29.1 Å². The lowest BCUT2D eigenvalue weighted by Crippen LogP contribution is -2.43. The third kappa shape index (κ3) is 4.33.